The normalized spacial score (nSPS) is 21.3. The lowest BCUT2D eigenvalue weighted by Gasteiger charge is -2.24. The van der Waals surface area contributed by atoms with Crippen LogP contribution in [-0.4, -0.2) is 38.2 Å². The first-order valence-electron chi connectivity index (χ1n) is 7.98. The Labute approximate surface area is 134 Å². The Hall–Kier alpha value is -2.18. The van der Waals surface area contributed by atoms with E-state index in [1.54, 1.807) is 28.8 Å². The maximum Gasteiger partial charge on any atom is 0.255 e. The Morgan fingerprint density at radius 3 is 2.65 bits per heavy atom. The van der Waals surface area contributed by atoms with Crippen molar-refractivity contribution < 1.29 is 9.18 Å². The molecule has 2 aromatic heterocycles. The summed E-state index contributed by atoms with van der Waals surface area (Å²) in [6.45, 7) is 0.590. The molecule has 3 rings (SSSR count). The smallest absolute Gasteiger partial charge is 0.255 e. The number of hydrogen-bond donors (Lipinski definition) is 1. The van der Waals surface area contributed by atoms with Crippen molar-refractivity contribution >= 4 is 5.91 Å². The van der Waals surface area contributed by atoms with Gasteiger partial charge in [0.05, 0.1) is 11.8 Å². The van der Waals surface area contributed by atoms with Gasteiger partial charge in [-0.1, -0.05) is 0 Å². The van der Waals surface area contributed by atoms with Gasteiger partial charge in [-0.15, -0.1) is 0 Å². The fourth-order valence-corrected chi connectivity index (χ4v) is 3.07. The molecule has 0 saturated heterocycles. The second-order valence-electron chi connectivity index (χ2n) is 6.30. The molecule has 2 heterocycles. The lowest BCUT2D eigenvalue weighted by atomic mass is 9.88. The zero-order valence-electron chi connectivity index (χ0n) is 13.5. The summed E-state index contributed by atoms with van der Waals surface area (Å²) in [5, 5.41) is 11.5. The summed E-state index contributed by atoms with van der Waals surface area (Å²) in [6.07, 6.45) is 7.47. The molecule has 1 saturated carbocycles. The minimum Gasteiger partial charge on any atom is -0.352 e. The molecule has 0 atom stereocenters. The summed E-state index contributed by atoms with van der Waals surface area (Å²) >= 11 is 0. The zero-order chi connectivity index (χ0) is 16.4. The van der Waals surface area contributed by atoms with Crippen LogP contribution in [0.3, 0.4) is 0 Å². The van der Waals surface area contributed by atoms with E-state index >= 15 is 0 Å². The summed E-state index contributed by atoms with van der Waals surface area (Å²) in [5.41, 5.74) is 1.99. The van der Waals surface area contributed by atoms with Crippen molar-refractivity contribution in [3.63, 3.8) is 0 Å². The minimum absolute atomic E-state index is 0.140. The summed E-state index contributed by atoms with van der Waals surface area (Å²) in [4.78, 5) is 12.5. The van der Waals surface area contributed by atoms with E-state index < -0.39 is 6.17 Å². The van der Waals surface area contributed by atoms with Crippen molar-refractivity contribution in [3.05, 3.63) is 24.2 Å². The number of hydrogen-bond acceptors (Lipinski definition) is 3. The van der Waals surface area contributed by atoms with E-state index in [-0.39, 0.29) is 5.91 Å². The number of alkyl halides is 1. The lowest BCUT2D eigenvalue weighted by Crippen LogP contribution is -2.31. The first kappa shape index (κ1) is 15.7. The predicted molar refractivity (Wildman–Crippen MR) is 84.6 cm³/mol. The molecule has 1 amide bonds. The molecule has 0 spiro atoms. The van der Waals surface area contributed by atoms with Gasteiger partial charge in [-0.05, 0) is 31.6 Å². The van der Waals surface area contributed by atoms with Gasteiger partial charge < -0.3 is 5.32 Å². The maximum absolute atomic E-state index is 13.2. The van der Waals surface area contributed by atoms with Gasteiger partial charge in [0.25, 0.3) is 5.91 Å². The summed E-state index contributed by atoms with van der Waals surface area (Å²) in [5.74, 6) is 0.226. The Bertz CT molecular complexity index is 684. The van der Waals surface area contributed by atoms with Crippen molar-refractivity contribution in [2.45, 2.75) is 31.9 Å². The van der Waals surface area contributed by atoms with Gasteiger partial charge in [-0.25, -0.2) is 4.39 Å². The molecule has 6 nitrogen and oxygen atoms in total. The standard InChI is InChI=1S/C16H22FN5O/c1-21-9-12(8-19-21)15-14(10-22(2)20-15)16(23)18-7-11-3-5-13(17)6-4-11/h8-11,13H,3-7H2,1-2H3,(H,18,23). The van der Waals surface area contributed by atoms with Gasteiger partial charge >= 0.3 is 0 Å². The van der Waals surface area contributed by atoms with E-state index in [0.717, 1.165) is 18.4 Å². The monoisotopic (exact) mass is 319 g/mol. The Morgan fingerprint density at radius 1 is 1.26 bits per heavy atom. The SMILES string of the molecule is Cn1cc(-c2nn(C)cc2C(=O)NCC2CCC(F)CC2)cn1. The zero-order valence-corrected chi connectivity index (χ0v) is 13.5. The summed E-state index contributed by atoms with van der Waals surface area (Å²) in [6, 6.07) is 0. The Morgan fingerprint density at radius 2 is 2.00 bits per heavy atom. The van der Waals surface area contributed by atoms with Gasteiger partial charge in [-0.3, -0.25) is 14.2 Å². The average Bonchev–Trinajstić information content (AvgIpc) is 3.12. The van der Waals surface area contributed by atoms with E-state index in [1.807, 2.05) is 13.2 Å². The Balaban J connectivity index is 1.68. The van der Waals surface area contributed by atoms with Crippen molar-refractivity contribution in [1.29, 1.82) is 0 Å². The van der Waals surface area contributed by atoms with Crippen molar-refractivity contribution in [2.75, 3.05) is 6.54 Å². The van der Waals surface area contributed by atoms with E-state index in [2.05, 4.69) is 15.5 Å². The Kier molecular flexibility index (Phi) is 4.45. The number of nitrogens with one attached hydrogen (secondary N) is 1. The van der Waals surface area contributed by atoms with E-state index in [0.29, 0.717) is 36.6 Å². The highest BCUT2D eigenvalue weighted by molar-refractivity contribution is 5.99. The topological polar surface area (TPSA) is 64.7 Å². The highest BCUT2D eigenvalue weighted by Gasteiger charge is 2.23. The van der Waals surface area contributed by atoms with Crippen molar-refractivity contribution in [2.24, 2.45) is 20.0 Å². The van der Waals surface area contributed by atoms with Crippen LogP contribution < -0.4 is 5.32 Å². The van der Waals surface area contributed by atoms with E-state index in [9.17, 15) is 9.18 Å². The molecule has 0 aromatic carbocycles. The number of carbonyl (C=O) groups excluding carboxylic acids is 1. The molecule has 7 heteroatoms. The molecule has 0 radical (unpaired) electrons. The molecule has 1 aliphatic rings. The van der Waals surface area contributed by atoms with Crippen LogP contribution in [0.4, 0.5) is 4.39 Å². The van der Waals surface area contributed by atoms with Crippen molar-refractivity contribution in [1.82, 2.24) is 24.9 Å². The number of aromatic nitrogens is 4. The maximum atomic E-state index is 13.2. The average molecular weight is 319 g/mol. The van der Waals surface area contributed by atoms with Gasteiger partial charge in [0.15, 0.2) is 0 Å². The molecule has 2 aromatic rings. The van der Waals surface area contributed by atoms with E-state index in [4.69, 9.17) is 0 Å². The third-order valence-corrected chi connectivity index (χ3v) is 4.38. The highest BCUT2D eigenvalue weighted by Crippen LogP contribution is 2.26. The van der Waals surface area contributed by atoms with Crippen LogP contribution in [-0.2, 0) is 14.1 Å². The first-order chi connectivity index (χ1) is 11.0. The number of halogens is 1. The molecule has 1 aliphatic carbocycles. The number of nitrogens with zero attached hydrogens (tertiary/aromatic N) is 4. The van der Waals surface area contributed by atoms with Crippen LogP contribution in [0, 0.1) is 5.92 Å². The minimum atomic E-state index is -0.669. The predicted octanol–water partition coefficient (Wildman–Crippen LogP) is 2.08. The molecule has 124 valence electrons. The molecule has 0 bridgehead atoms. The number of rotatable bonds is 4. The molecular weight excluding hydrogens is 297 g/mol. The molecule has 0 aliphatic heterocycles. The van der Waals surface area contributed by atoms with Gasteiger partial charge in [0.2, 0.25) is 0 Å². The summed E-state index contributed by atoms with van der Waals surface area (Å²) in [7, 11) is 3.62. The largest absolute Gasteiger partial charge is 0.352 e. The van der Waals surface area contributed by atoms with Crippen LogP contribution >= 0.6 is 0 Å². The van der Waals surface area contributed by atoms with E-state index in [1.165, 1.54) is 0 Å². The fourth-order valence-electron chi connectivity index (χ4n) is 3.07. The quantitative estimate of drug-likeness (QED) is 0.938. The second-order valence-corrected chi connectivity index (χ2v) is 6.30. The van der Waals surface area contributed by atoms with Gasteiger partial charge in [0, 0.05) is 38.6 Å². The molecule has 1 N–H and O–H groups in total. The highest BCUT2D eigenvalue weighted by atomic mass is 19.1. The molecule has 23 heavy (non-hydrogen) atoms. The summed E-state index contributed by atoms with van der Waals surface area (Å²) < 4.78 is 16.5. The van der Waals surface area contributed by atoms with Crippen LogP contribution in [0.15, 0.2) is 18.6 Å². The third kappa shape index (κ3) is 3.60. The number of carbonyl (C=O) groups is 1. The molecule has 1 fully saturated rings. The van der Waals surface area contributed by atoms with Crippen LogP contribution in [0.5, 0.6) is 0 Å². The molecule has 0 unspecified atom stereocenters. The van der Waals surface area contributed by atoms with Gasteiger partial charge in [-0.2, -0.15) is 10.2 Å². The lowest BCUT2D eigenvalue weighted by molar-refractivity contribution is 0.0940. The van der Waals surface area contributed by atoms with Crippen molar-refractivity contribution in [3.8, 4) is 11.3 Å². The van der Waals surface area contributed by atoms with Crippen LogP contribution in [0.25, 0.3) is 11.3 Å². The first-order valence-corrected chi connectivity index (χ1v) is 7.98. The van der Waals surface area contributed by atoms with Crippen LogP contribution in [0.2, 0.25) is 0 Å². The second kappa shape index (κ2) is 6.52. The van der Waals surface area contributed by atoms with Crippen LogP contribution in [0.1, 0.15) is 36.0 Å². The molecular formula is C16H22FN5O. The number of amides is 1. The fraction of sp³-hybridized carbons (Fsp3) is 0.562. The third-order valence-electron chi connectivity index (χ3n) is 4.38. The number of aryl methyl sites for hydroxylation is 2. The van der Waals surface area contributed by atoms with Gasteiger partial charge in [0.1, 0.15) is 11.9 Å².